The first-order valence-electron chi connectivity index (χ1n) is 11.2. The molecule has 0 spiro atoms. The Morgan fingerprint density at radius 3 is 2.70 bits per heavy atom. The van der Waals surface area contributed by atoms with Gasteiger partial charge in [0.1, 0.15) is 11.9 Å². The van der Waals surface area contributed by atoms with E-state index in [1.54, 1.807) is 0 Å². The Morgan fingerprint density at radius 2 is 1.94 bits per heavy atom. The van der Waals surface area contributed by atoms with Crippen molar-refractivity contribution >= 4 is 40.6 Å². The van der Waals surface area contributed by atoms with Gasteiger partial charge in [0.05, 0.1) is 35.3 Å². The molecule has 0 bridgehead atoms. The number of carbonyl (C=O) groups excluding carboxylic acids is 1. The van der Waals surface area contributed by atoms with Crippen LogP contribution in [0.3, 0.4) is 0 Å². The number of hydrogen-bond acceptors (Lipinski definition) is 5. The minimum Gasteiger partial charge on any atom is -0.487 e. The average Bonchev–Trinajstić information content (AvgIpc) is 2.81. The first kappa shape index (κ1) is 22.3. The van der Waals surface area contributed by atoms with Crippen molar-refractivity contribution in [1.82, 2.24) is 14.8 Å². The molecule has 3 heterocycles. The van der Waals surface area contributed by atoms with Crippen LogP contribution in [0.25, 0.3) is 10.9 Å². The number of halogens is 1. The normalized spacial score (nSPS) is 18.2. The van der Waals surface area contributed by atoms with Crippen molar-refractivity contribution < 1.29 is 14.3 Å². The number of hydrogen-bond donors (Lipinski definition) is 1. The molecule has 5 rings (SSSR count). The number of morpholine rings is 1. The number of pyridine rings is 1. The maximum atomic E-state index is 13.1. The summed E-state index contributed by atoms with van der Waals surface area (Å²) in [6, 6.07) is 11.7. The Morgan fingerprint density at radius 1 is 1.18 bits per heavy atom. The molecule has 2 aromatic carbocycles. The monoisotopic (exact) mass is 483 g/mol. The summed E-state index contributed by atoms with van der Waals surface area (Å²) in [5, 5.41) is 4.56. The highest BCUT2D eigenvalue weighted by Crippen LogP contribution is 2.34. The van der Waals surface area contributed by atoms with Gasteiger partial charge in [-0.05, 0) is 42.3 Å². The number of benzene rings is 2. The van der Waals surface area contributed by atoms with Gasteiger partial charge in [-0.25, -0.2) is 0 Å². The molecule has 1 aromatic heterocycles. The van der Waals surface area contributed by atoms with E-state index in [0.717, 1.165) is 60.6 Å². The van der Waals surface area contributed by atoms with Gasteiger partial charge in [-0.3, -0.25) is 9.69 Å². The summed E-state index contributed by atoms with van der Waals surface area (Å²) < 4.78 is 14.3. The van der Waals surface area contributed by atoms with E-state index in [2.05, 4.69) is 26.9 Å². The number of nitrogens with one attached hydrogen (secondary N) is 1. The molecule has 6 nitrogen and oxygen atoms in total. The zero-order valence-corrected chi connectivity index (χ0v) is 20.0. The summed E-state index contributed by atoms with van der Waals surface area (Å²) in [6.45, 7) is 7.21. The van der Waals surface area contributed by atoms with Gasteiger partial charge in [-0.2, -0.15) is 0 Å². The quantitative estimate of drug-likeness (QED) is 0.539. The van der Waals surface area contributed by atoms with Gasteiger partial charge in [0.25, 0.3) is 5.91 Å². The van der Waals surface area contributed by atoms with Crippen molar-refractivity contribution in [1.29, 1.82) is 0 Å². The molecule has 2 aliphatic rings. The third kappa shape index (κ3) is 4.77. The summed E-state index contributed by atoms with van der Waals surface area (Å²) in [6.07, 6.45) is 1.87. The summed E-state index contributed by atoms with van der Waals surface area (Å²) in [5.74, 6) is 0.647. The molecule has 2 aliphatic heterocycles. The molecular formula is C25H26ClN3O3S. The van der Waals surface area contributed by atoms with Crippen molar-refractivity contribution in [2.24, 2.45) is 0 Å². The van der Waals surface area contributed by atoms with E-state index >= 15 is 0 Å². The van der Waals surface area contributed by atoms with Gasteiger partial charge >= 0.3 is 0 Å². The first-order chi connectivity index (χ1) is 16.0. The summed E-state index contributed by atoms with van der Waals surface area (Å²) in [5.41, 5.74) is 3.57. The molecule has 0 aliphatic carbocycles. The van der Waals surface area contributed by atoms with Crippen molar-refractivity contribution in [3.63, 3.8) is 0 Å². The zero-order valence-electron chi connectivity index (χ0n) is 18.5. The predicted molar refractivity (Wildman–Crippen MR) is 132 cm³/mol. The van der Waals surface area contributed by atoms with Crippen LogP contribution >= 0.6 is 23.8 Å². The Labute approximate surface area is 203 Å². The van der Waals surface area contributed by atoms with Crippen molar-refractivity contribution in [3.05, 3.63) is 68.8 Å². The lowest BCUT2D eigenvalue weighted by Gasteiger charge is -2.29. The van der Waals surface area contributed by atoms with Crippen molar-refractivity contribution in [2.45, 2.75) is 32.7 Å². The van der Waals surface area contributed by atoms with Crippen LogP contribution in [0, 0.1) is 4.51 Å². The molecule has 3 aromatic rings. The lowest BCUT2D eigenvalue weighted by molar-refractivity contribution is 0.0341. The van der Waals surface area contributed by atoms with Crippen molar-refractivity contribution in [3.8, 4) is 5.75 Å². The average molecular weight is 484 g/mol. The van der Waals surface area contributed by atoms with Gasteiger partial charge in [0.2, 0.25) is 0 Å². The van der Waals surface area contributed by atoms with Crippen LogP contribution in [-0.4, -0.2) is 47.8 Å². The largest absolute Gasteiger partial charge is 0.487 e. The fraction of sp³-hybridized carbons (Fsp3) is 0.360. The topological polar surface area (TPSA) is 55.7 Å². The van der Waals surface area contributed by atoms with E-state index in [1.807, 2.05) is 37.4 Å². The molecule has 33 heavy (non-hydrogen) atoms. The van der Waals surface area contributed by atoms with Gasteiger partial charge in [0, 0.05) is 42.8 Å². The van der Waals surface area contributed by atoms with Crippen LogP contribution in [0.4, 0.5) is 0 Å². The van der Waals surface area contributed by atoms with Crippen LogP contribution in [0.15, 0.2) is 42.6 Å². The van der Waals surface area contributed by atoms with E-state index in [-0.39, 0.29) is 12.0 Å². The Bertz CT molecular complexity index is 1250. The van der Waals surface area contributed by atoms with Crippen LogP contribution in [0.1, 0.15) is 28.4 Å². The maximum Gasteiger partial charge on any atom is 0.254 e. The second kappa shape index (κ2) is 9.43. The number of rotatable bonds is 5. The van der Waals surface area contributed by atoms with E-state index in [0.29, 0.717) is 28.2 Å². The molecule has 172 valence electrons. The van der Waals surface area contributed by atoms with E-state index in [9.17, 15) is 4.79 Å². The second-order valence-electron chi connectivity index (χ2n) is 8.64. The number of ether oxygens (including phenoxy) is 2. The minimum atomic E-state index is -0.181. The van der Waals surface area contributed by atoms with Crippen molar-refractivity contribution in [2.75, 3.05) is 26.3 Å². The molecule has 0 saturated carbocycles. The van der Waals surface area contributed by atoms with Gasteiger partial charge in [0.15, 0.2) is 0 Å². The van der Waals surface area contributed by atoms with Crippen LogP contribution in [0.2, 0.25) is 5.02 Å². The lowest BCUT2D eigenvalue weighted by atomic mass is 10.0. The molecule has 0 radical (unpaired) electrons. The predicted octanol–water partition coefficient (Wildman–Crippen LogP) is 4.57. The highest BCUT2D eigenvalue weighted by Gasteiger charge is 2.23. The Kier molecular flexibility index (Phi) is 6.38. The molecule has 8 heteroatoms. The molecule has 1 amide bonds. The number of aromatic nitrogens is 1. The van der Waals surface area contributed by atoms with E-state index < -0.39 is 0 Å². The molecule has 1 saturated heterocycles. The van der Waals surface area contributed by atoms with E-state index in [4.69, 9.17) is 33.3 Å². The summed E-state index contributed by atoms with van der Waals surface area (Å²) in [7, 11) is 0. The van der Waals surface area contributed by atoms with Crippen LogP contribution in [0.5, 0.6) is 5.75 Å². The lowest BCUT2D eigenvalue weighted by Crippen LogP contribution is -2.35. The number of amides is 1. The molecule has 1 fully saturated rings. The van der Waals surface area contributed by atoms with Crippen LogP contribution < -0.4 is 10.1 Å². The second-order valence-corrected chi connectivity index (χ2v) is 9.49. The zero-order chi connectivity index (χ0) is 22.9. The molecule has 1 atom stereocenters. The fourth-order valence-electron chi connectivity index (χ4n) is 4.47. The van der Waals surface area contributed by atoms with Gasteiger partial charge in [-0.1, -0.05) is 36.0 Å². The standard InChI is InChI=1S/C25H26ClN3O3S/c1-16-13-29-15-21(25(30)27-12-17-2-4-19(26)5-3-17)24(33)20-10-18(11-22(32-16)23(20)29)14-28-6-8-31-9-7-28/h2-5,10-11,15-16H,6-9,12-14H2,1H3,(H,27,30). The third-order valence-electron chi connectivity index (χ3n) is 6.10. The molecule has 1 unspecified atom stereocenters. The summed E-state index contributed by atoms with van der Waals surface area (Å²) >= 11 is 11.8. The fourth-order valence-corrected chi connectivity index (χ4v) is 4.90. The SMILES string of the molecule is CC1Cn2cc(C(=O)NCc3ccc(Cl)cc3)c(=S)c3cc(CN4CCOCC4)cc(c32)O1. The van der Waals surface area contributed by atoms with Gasteiger partial charge in [-0.15, -0.1) is 0 Å². The minimum absolute atomic E-state index is 0.00490. The van der Waals surface area contributed by atoms with Crippen LogP contribution in [-0.2, 0) is 24.4 Å². The van der Waals surface area contributed by atoms with E-state index in [1.165, 1.54) is 0 Å². The smallest absolute Gasteiger partial charge is 0.254 e. The highest BCUT2D eigenvalue weighted by atomic mass is 35.5. The maximum absolute atomic E-state index is 13.1. The highest BCUT2D eigenvalue weighted by molar-refractivity contribution is 7.71. The third-order valence-corrected chi connectivity index (χ3v) is 6.79. The molecule has 1 N–H and O–H groups in total. The number of carbonyl (C=O) groups is 1. The Hall–Kier alpha value is -2.45. The van der Waals surface area contributed by atoms with Gasteiger partial charge < -0.3 is 19.4 Å². The number of nitrogens with zero attached hydrogens (tertiary/aromatic N) is 2. The first-order valence-corrected chi connectivity index (χ1v) is 12.0. The molecular weight excluding hydrogens is 458 g/mol. The Balaban J connectivity index is 1.49. The summed E-state index contributed by atoms with van der Waals surface area (Å²) in [4.78, 5) is 15.5.